The van der Waals surface area contributed by atoms with Crippen molar-refractivity contribution in [1.29, 1.82) is 5.41 Å². The van der Waals surface area contributed by atoms with Crippen molar-refractivity contribution in [2.75, 3.05) is 34.4 Å². The summed E-state index contributed by atoms with van der Waals surface area (Å²) in [4.78, 5) is 4.24. The lowest BCUT2D eigenvalue weighted by molar-refractivity contribution is 0.577. The van der Waals surface area contributed by atoms with Crippen LogP contribution in [0.15, 0.2) is 18.2 Å². The summed E-state index contributed by atoms with van der Waals surface area (Å²) in [5, 5.41) is 9.46. The Hall–Kier alpha value is -0.920. The van der Waals surface area contributed by atoms with Gasteiger partial charge in [0.2, 0.25) is 0 Å². The molecule has 3 aliphatic heterocycles. The summed E-state index contributed by atoms with van der Waals surface area (Å²) in [7, 11) is -3.01. The van der Waals surface area contributed by atoms with E-state index in [1.54, 1.807) is 0 Å². The van der Waals surface area contributed by atoms with Crippen LogP contribution in [0, 0.1) is 5.41 Å². The van der Waals surface area contributed by atoms with E-state index in [0.717, 1.165) is 37.3 Å². The van der Waals surface area contributed by atoms with Gasteiger partial charge in [0, 0.05) is 23.4 Å². The van der Waals surface area contributed by atoms with Crippen LogP contribution in [0.1, 0.15) is 19.3 Å². The average molecular weight is 386 g/mol. The lowest BCUT2D eigenvalue weighted by Gasteiger charge is -2.34. The molecule has 3 fully saturated rings. The van der Waals surface area contributed by atoms with E-state index in [2.05, 4.69) is 4.90 Å². The Morgan fingerprint density at radius 1 is 1.12 bits per heavy atom. The molecule has 3 aliphatic rings. The summed E-state index contributed by atoms with van der Waals surface area (Å²) in [5.41, 5.74) is 1.95. The molecule has 5 nitrogen and oxygen atoms in total. The summed E-state index contributed by atoms with van der Waals surface area (Å²) in [6.45, 7) is 1.96. The van der Waals surface area contributed by atoms with Crippen LogP contribution in [0.3, 0.4) is 0 Å². The molecule has 0 aromatic heterocycles. The first-order chi connectivity index (χ1) is 11.4. The molecule has 24 heavy (non-hydrogen) atoms. The third kappa shape index (κ3) is 2.91. The molecular weight excluding hydrogens is 366 g/mol. The number of halogens is 1. The predicted octanol–water partition coefficient (Wildman–Crippen LogP) is 2.98. The third-order valence-corrected chi connectivity index (χ3v) is 8.35. The first-order valence-corrected chi connectivity index (χ1v) is 11.3. The van der Waals surface area contributed by atoms with Crippen LogP contribution in [-0.2, 0) is 9.84 Å². The number of hydrogen-bond acceptors (Lipinski definition) is 5. The number of rotatable bonds is 2. The highest BCUT2D eigenvalue weighted by molar-refractivity contribution is 8.15. The smallest absolute Gasteiger partial charge is 0.161 e. The summed E-state index contributed by atoms with van der Waals surface area (Å²) in [6, 6.07) is 5.59. The van der Waals surface area contributed by atoms with E-state index in [-0.39, 0.29) is 22.8 Å². The first-order valence-electron chi connectivity index (χ1n) is 8.24. The van der Waals surface area contributed by atoms with Crippen molar-refractivity contribution in [2.45, 2.75) is 30.6 Å². The number of fused-ring (bicyclic) bond motifs is 1. The van der Waals surface area contributed by atoms with Gasteiger partial charge in [0.25, 0.3) is 0 Å². The van der Waals surface area contributed by atoms with Gasteiger partial charge in [0.05, 0.1) is 28.9 Å². The van der Waals surface area contributed by atoms with E-state index in [1.165, 1.54) is 18.2 Å². The normalized spacial score (nSPS) is 29.1. The minimum absolute atomic E-state index is 0.0348. The maximum atomic E-state index is 12.0. The molecule has 0 bridgehead atoms. The number of hydrogen-bond donors (Lipinski definition) is 1. The second-order valence-corrected chi connectivity index (χ2v) is 10.5. The number of nitrogens with one attached hydrogen (secondary N) is 1. The summed E-state index contributed by atoms with van der Waals surface area (Å²) < 4.78 is 24.1. The lowest BCUT2D eigenvalue weighted by Crippen LogP contribution is -2.39. The maximum Gasteiger partial charge on any atom is 0.161 e. The van der Waals surface area contributed by atoms with E-state index in [4.69, 9.17) is 17.0 Å². The minimum Gasteiger partial charge on any atom is -0.370 e. The monoisotopic (exact) mass is 385 g/mol. The Morgan fingerprint density at radius 2 is 1.88 bits per heavy atom. The van der Waals surface area contributed by atoms with Gasteiger partial charge in [0.1, 0.15) is 0 Å². The number of anilines is 2. The molecule has 0 amide bonds. The topological polar surface area (TPSA) is 64.5 Å². The van der Waals surface area contributed by atoms with Crippen molar-refractivity contribution < 1.29 is 8.42 Å². The molecule has 130 valence electrons. The molecule has 0 unspecified atom stereocenters. The van der Waals surface area contributed by atoms with Crippen molar-refractivity contribution in [1.82, 2.24) is 0 Å². The molecule has 0 radical (unpaired) electrons. The second kappa shape index (κ2) is 6.11. The quantitative estimate of drug-likeness (QED) is 0.847. The lowest BCUT2D eigenvalue weighted by atomic mass is 10.1. The van der Waals surface area contributed by atoms with Crippen molar-refractivity contribution in [3.05, 3.63) is 23.2 Å². The highest BCUT2D eigenvalue weighted by Crippen LogP contribution is 2.44. The van der Waals surface area contributed by atoms with Crippen LogP contribution >= 0.6 is 23.4 Å². The van der Waals surface area contributed by atoms with Crippen molar-refractivity contribution >= 4 is 49.7 Å². The summed E-state index contributed by atoms with van der Waals surface area (Å²) in [6.07, 6.45) is 3.54. The number of amidine groups is 1. The van der Waals surface area contributed by atoms with Gasteiger partial charge in [-0.2, -0.15) is 0 Å². The number of benzene rings is 1. The number of thioether (sulfide) groups is 1. The van der Waals surface area contributed by atoms with Crippen LogP contribution in [0.25, 0.3) is 0 Å². The minimum atomic E-state index is -3.01. The van der Waals surface area contributed by atoms with Crippen molar-refractivity contribution in [3.63, 3.8) is 0 Å². The highest BCUT2D eigenvalue weighted by Gasteiger charge is 2.49. The Labute approximate surface area is 151 Å². The fraction of sp³-hybridized carbons (Fsp3) is 0.562. The predicted molar refractivity (Wildman–Crippen MR) is 102 cm³/mol. The molecule has 3 saturated heterocycles. The van der Waals surface area contributed by atoms with Gasteiger partial charge >= 0.3 is 0 Å². The molecule has 1 aromatic carbocycles. The highest BCUT2D eigenvalue weighted by atomic mass is 35.5. The Bertz CT molecular complexity index is 778. The molecule has 4 rings (SSSR count). The van der Waals surface area contributed by atoms with Gasteiger partial charge in [0.15, 0.2) is 15.0 Å². The first kappa shape index (κ1) is 16.5. The van der Waals surface area contributed by atoms with Crippen molar-refractivity contribution in [2.24, 2.45) is 0 Å². The van der Waals surface area contributed by atoms with Crippen LogP contribution in [0.5, 0.6) is 0 Å². The molecular formula is C16H20ClN3O2S2. The van der Waals surface area contributed by atoms with E-state index >= 15 is 0 Å². The molecule has 1 aromatic rings. The Balaban J connectivity index is 1.74. The molecule has 3 heterocycles. The zero-order chi connectivity index (χ0) is 16.9. The van der Waals surface area contributed by atoms with E-state index in [9.17, 15) is 8.42 Å². The molecule has 8 heteroatoms. The van der Waals surface area contributed by atoms with Gasteiger partial charge in [-0.25, -0.2) is 8.42 Å². The molecule has 0 saturated carbocycles. The van der Waals surface area contributed by atoms with Crippen LogP contribution in [0.4, 0.5) is 11.4 Å². The van der Waals surface area contributed by atoms with Crippen LogP contribution in [-0.4, -0.2) is 49.5 Å². The second-order valence-electron chi connectivity index (χ2n) is 6.66. The molecule has 2 atom stereocenters. The fourth-order valence-electron chi connectivity index (χ4n) is 3.88. The SMILES string of the molecule is N=C1S[C@H]2CS(=O)(=O)C[C@H]2N1c1ccc(Cl)cc1N1CCCCC1. The Kier molecular flexibility index (Phi) is 4.21. The standard InChI is InChI=1S/C16H20ClN3O2S2/c17-11-4-5-12(13(8-11)19-6-2-1-3-7-19)20-14-9-24(21,22)10-15(14)23-16(20)18/h4-5,8,14-15,18H,1-3,6-7,9-10H2/t14-,15+/m1/s1. The van der Waals surface area contributed by atoms with Gasteiger partial charge < -0.3 is 9.80 Å². The van der Waals surface area contributed by atoms with Gasteiger partial charge in [-0.05, 0) is 37.5 Å². The fourth-order valence-corrected chi connectivity index (χ4v) is 7.83. The maximum absolute atomic E-state index is 12.0. The zero-order valence-electron chi connectivity index (χ0n) is 13.2. The summed E-state index contributed by atoms with van der Waals surface area (Å²) >= 11 is 7.62. The number of sulfone groups is 1. The Morgan fingerprint density at radius 3 is 2.62 bits per heavy atom. The zero-order valence-corrected chi connectivity index (χ0v) is 15.6. The van der Waals surface area contributed by atoms with Crippen LogP contribution in [0.2, 0.25) is 5.02 Å². The average Bonchev–Trinajstić information content (AvgIpc) is 2.98. The molecule has 0 spiro atoms. The van der Waals surface area contributed by atoms with Crippen LogP contribution < -0.4 is 9.80 Å². The molecule has 0 aliphatic carbocycles. The van der Waals surface area contributed by atoms with Crippen molar-refractivity contribution in [3.8, 4) is 0 Å². The third-order valence-electron chi connectivity index (χ3n) is 4.98. The number of piperidine rings is 1. The largest absolute Gasteiger partial charge is 0.370 e. The van der Waals surface area contributed by atoms with E-state index < -0.39 is 9.84 Å². The van der Waals surface area contributed by atoms with Gasteiger partial charge in [-0.1, -0.05) is 23.4 Å². The number of nitrogens with zero attached hydrogens (tertiary/aromatic N) is 2. The van der Waals surface area contributed by atoms with Gasteiger partial charge in [-0.15, -0.1) is 0 Å². The van der Waals surface area contributed by atoms with E-state index in [1.807, 2.05) is 23.1 Å². The molecule has 1 N–H and O–H groups in total. The van der Waals surface area contributed by atoms with Gasteiger partial charge in [-0.3, -0.25) is 5.41 Å². The van der Waals surface area contributed by atoms with E-state index in [0.29, 0.717) is 10.2 Å². The summed E-state index contributed by atoms with van der Waals surface area (Å²) in [5.74, 6) is 0.308.